The summed E-state index contributed by atoms with van der Waals surface area (Å²) in [6.45, 7) is 8.44. The van der Waals surface area contributed by atoms with E-state index in [9.17, 15) is 0 Å². The molecule has 1 heterocycles. The van der Waals surface area contributed by atoms with Crippen molar-refractivity contribution in [1.82, 2.24) is 4.98 Å². The minimum Gasteiger partial charge on any atom is -0.429 e. The quantitative estimate of drug-likeness (QED) is 0.572. The number of nitrogens with zero attached hydrogens (tertiary/aromatic N) is 1. The minimum atomic E-state index is -0.221. The van der Waals surface area contributed by atoms with E-state index < -0.39 is 0 Å². The van der Waals surface area contributed by atoms with Gasteiger partial charge in [-0.25, -0.2) is 0 Å². The van der Waals surface area contributed by atoms with Crippen LogP contribution < -0.4 is 5.46 Å². The van der Waals surface area contributed by atoms with Crippen LogP contribution in [-0.2, 0) is 4.65 Å². The monoisotopic (exact) mass is 222 g/mol. The first-order valence-electron chi connectivity index (χ1n) is 5.03. The summed E-state index contributed by atoms with van der Waals surface area (Å²) in [5.41, 5.74) is 0.813. The summed E-state index contributed by atoms with van der Waals surface area (Å²) < 4.78 is 5.81. The molecule has 0 saturated carbocycles. The summed E-state index contributed by atoms with van der Waals surface area (Å²) in [4.78, 5) is 3.96. The van der Waals surface area contributed by atoms with E-state index in [2.05, 4.69) is 41.9 Å². The Balaban J connectivity index is 2.58. The van der Waals surface area contributed by atoms with Crippen molar-refractivity contribution in [3.63, 3.8) is 0 Å². The zero-order chi connectivity index (χ0) is 11.5. The van der Waals surface area contributed by atoms with Crippen molar-refractivity contribution in [3.05, 3.63) is 24.5 Å². The van der Waals surface area contributed by atoms with Crippen LogP contribution >= 0.6 is 9.24 Å². The molecule has 0 aliphatic rings. The number of rotatable bonds is 4. The first kappa shape index (κ1) is 12.7. The van der Waals surface area contributed by atoms with Gasteiger partial charge in [-0.05, 0) is 26.0 Å². The van der Waals surface area contributed by atoms with Crippen LogP contribution in [0.1, 0.15) is 27.7 Å². The highest BCUT2D eigenvalue weighted by atomic mass is 31.0. The van der Waals surface area contributed by atoms with Crippen molar-refractivity contribution in [1.29, 1.82) is 0 Å². The molecule has 0 N–H and O–H groups in total. The average Bonchev–Trinajstić information content (AvgIpc) is 2.15. The molecule has 4 heteroatoms. The van der Waals surface area contributed by atoms with E-state index in [-0.39, 0.29) is 10.8 Å². The van der Waals surface area contributed by atoms with E-state index in [0.29, 0.717) is 0 Å². The third-order valence-corrected chi connectivity index (χ3v) is 3.44. The van der Waals surface area contributed by atoms with E-state index in [1.165, 1.54) is 0 Å². The molecule has 0 aromatic carbocycles. The van der Waals surface area contributed by atoms with Gasteiger partial charge in [0, 0.05) is 17.5 Å². The lowest BCUT2D eigenvalue weighted by molar-refractivity contribution is 0.0841. The highest BCUT2D eigenvalue weighted by Crippen LogP contribution is 2.32. The third-order valence-electron chi connectivity index (χ3n) is 2.75. The molecule has 0 saturated heterocycles. The van der Waals surface area contributed by atoms with E-state index in [1.807, 2.05) is 12.1 Å². The Labute approximate surface area is 95.3 Å². The largest absolute Gasteiger partial charge is 0.429 e. The fraction of sp³-hybridized carbons (Fsp3) is 0.545. The Kier molecular flexibility index (Phi) is 3.91. The number of hydrogen-bond acceptors (Lipinski definition) is 2. The summed E-state index contributed by atoms with van der Waals surface area (Å²) in [7, 11) is 4.60. The fourth-order valence-corrected chi connectivity index (χ4v) is 0.877. The van der Waals surface area contributed by atoms with Crippen LogP contribution in [0.5, 0.6) is 0 Å². The lowest BCUT2D eigenvalue weighted by Crippen LogP contribution is -2.45. The van der Waals surface area contributed by atoms with Gasteiger partial charge in [0.15, 0.2) is 0 Å². The van der Waals surface area contributed by atoms with Gasteiger partial charge in [-0.1, -0.05) is 19.3 Å². The van der Waals surface area contributed by atoms with Gasteiger partial charge in [-0.2, -0.15) is 0 Å². The van der Waals surface area contributed by atoms with E-state index in [0.717, 1.165) is 5.46 Å². The molecule has 2 nitrogen and oxygen atoms in total. The summed E-state index contributed by atoms with van der Waals surface area (Å²) >= 11 is 0. The van der Waals surface area contributed by atoms with Gasteiger partial charge in [-0.3, -0.25) is 4.98 Å². The van der Waals surface area contributed by atoms with E-state index in [1.54, 1.807) is 19.9 Å². The highest BCUT2D eigenvalue weighted by molar-refractivity contribution is 7.19. The highest BCUT2D eigenvalue weighted by Gasteiger charge is 2.33. The Morgan fingerprint density at radius 2 is 1.73 bits per heavy atom. The van der Waals surface area contributed by atoms with Crippen LogP contribution in [0.2, 0.25) is 0 Å². The molecule has 1 atom stereocenters. The van der Waals surface area contributed by atoms with Crippen LogP contribution in [0.4, 0.5) is 0 Å². The van der Waals surface area contributed by atoms with Gasteiger partial charge < -0.3 is 4.65 Å². The zero-order valence-electron chi connectivity index (χ0n) is 9.82. The molecule has 0 aliphatic heterocycles. The lowest BCUT2D eigenvalue weighted by Gasteiger charge is -2.38. The molecule has 81 valence electrons. The molecule has 0 amide bonds. The Morgan fingerprint density at radius 1 is 1.20 bits per heavy atom. The first-order valence-corrected chi connectivity index (χ1v) is 5.60. The molecule has 1 unspecified atom stereocenters. The lowest BCUT2D eigenvalue weighted by atomic mass is 9.84. The van der Waals surface area contributed by atoms with Gasteiger partial charge >= 0.3 is 7.48 Å². The molecular formula is C11H18BNOP. The van der Waals surface area contributed by atoms with Crippen molar-refractivity contribution >= 4 is 22.2 Å². The maximum atomic E-state index is 5.81. The number of pyridine rings is 1. The van der Waals surface area contributed by atoms with Crippen molar-refractivity contribution in [2.24, 2.45) is 0 Å². The van der Waals surface area contributed by atoms with Crippen molar-refractivity contribution in [2.75, 3.05) is 0 Å². The fourth-order valence-electron chi connectivity index (χ4n) is 0.809. The summed E-state index contributed by atoms with van der Waals surface area (Å²) in [5.74, 6) is 0. The number of hydrogen-bond donors (Lipinski definition) is 0. The van der Waals surface area contributed by atoms with Gasteiger partial charge in [0.05, 0.1) is 5.60 Å². The average molecular weight is 222 g/mol. The van der Waals surface area contributed by atoms with Crippen LogP contribution in [-0.4, -0.2) is 23.2 Å². The van der Waals surface area contributed by atoms with Gasteiger partial charge in [0.2, 0.25) is 0 Å². The molecule has 0 fully saturated rings. The predicted molar refractivity (Wildman–Crippen MR) is 68.6 cm³/mol. The molecule has 0 spiro atoms. The van der Waals surface area contributed by atoms with E-state index in [4.69, 9.17) is 4.65 Å². The predicted octanol–water partition coefficient (Wildman–Crippen LogP) is 1.77. The Morgan fingerprint density at radius 3 is 2.20 bits per heavy atom. The number of aromatic nitrogens is 1. The normalized spacial score (nSPS) is 12.6. The molecule has 1 aromatic rings. The van der Waals surface area contributed by atoms with Crippen molar-refractivity contribution in [2.45, 2.75) is 38.5 Å². The standard InChI is InChI=1S/C11H18BNOP/c1-10(2,11(3,4)15)14-12-9-5-7-13-8-6-9/h5-8H,15H2,1-4H3. The molecule has 15 heavy (non-hydrogen) atoms. The van der Waals surface area contributed by atoms with E-state index >= 15 is 0 Å². The first-order chi connectivity index (χ1) is 6.83. The van der Waals surface area contributed by atoms with Crippen molar-refractivity contribution in [3.8, 4) is 0 Å². The van der Waals surface area contributed by atoms with Gasteiger partial charge in [0.25, 0.3) is 0 Å². The SMILES string of the molecule is CC(C)(P)C(C)(C)O[B]c1ccncc1. The Hall–Kier alpha value is -0.395. The van der Waals surface area contributed by atoms with Gasteiger partial charge in [0.1, 0.15) is 0 Å². The molecule has 0 aliphatic carbocycles. The summed E-state index contributed by atoms with van der Waals surface area (Å²) in [6, 6.07) is 3.85. The summed E-state index contributed by atoms with van der Waals surface area (Å²) in [6.07, 6.45) is 3.52. The maximum absolute atomic E-state index is 5.81. The molecule has 1 radical (unpaired) electrons. The topological polar surface area (TPSA) is 22.1 Å². The van der Waals surface area contributed by atoms with Crippen LogP contribution in [0.25, 0.3) is 0 Å². The van der Waals surface area contributed by atoms with Gasteiger partial charge in [-0.15, -0.1) is 9.24 Å². The van der Waals surface area contributed by atoms with Crippen molar-refractivity contribution < 1.29 is 4.65 Å². The zero-order valence-corrected chi connectivity index (χ0v) is 11.0. The van der Waals surface area contributed by atoms with Crippen LogP contribution in [0.15, 0.2) is 24.5 Å². The molecule has 1 aromatic heterocycles. The van der Waals surface area contributed by atoms with Crippen LogP contribution in [0.3, 0.4) is 0 Å². The minimum absolute atomic E-state index is 0.0243. The Bertz CT molecular complexity index is 308. The molecule has 1 rings (SSSR count). The van der Waals surface area contributed by atoms with Crippen LogP contribution in [0, 0.1) is 0 Å². The second kappa shape index (κ2) is 4.63. The second-order valence-electron chi connectivity index (χ2n) is 4.75. The smallest absolute Gasteiger partial charge is 0.330 e. The molecular weight excluding hydrogens is 204 g/mol. The molecule has 0 bridgehead atoms. The summed E-state index contributed by atoms with van der Waals surface area (Å²) in [5, 5.41) is 0.0243. The third kappa shape index (κ3) is 3.59. The second-order valence-corrected chi connectivity index (χ2v) is 6.19. The maximum Gasteiger partial charge on any atom is 0.330 e.